The van der Waals surface area contributed by atoms with Gasteiger partial charge in [-0.15, -0.1) is 0 Å². The van der Waals surface area contributed by atoms with Gasteiger partial charge in [0.1, 0.15) is 6.61 Å². The van der Waals surface area contributed by atoms with Gasteiger partial charge >= 0.3 is 17.9 Å². The molecule has 8 nitrogen and oxygen atoms in total. The van der Waals surface area contributed by atoms with Crippen molar-refractivity contribution in [1.82, 2.24) is 0 Å². The van der Waals surface area contributed by atoms with Crippen molar-refractivity contribution < 1.29 is 38.2 Å². The molecule has 0 rings (SSSR count). The summed E-state index contributed by atoms with van der Waals surface area (Å²) >= 11 is 0. The number of hydrogen-bond donors (Lipinski definition) is 1. The third-order valence-corrected chi connectivity index (χ3v) is 8.93. The zero-order valence-corrected chi connectivity index (χ0v) is 34.9. The number of carbonyl (C=O) groups is 3. The number of quaternary nitrogens is 1. The minimum Gasteiger partial charge on any atom is -0.477 e. The average Bonchev–Trinajstić information content (AvgIpc) is 3.12. The molecule has 0 saturated carbocycles. The summed E-state index contributed by atoms with van der Waals surface area (Å²) in [5.74, 6) is -1.54. The van der Waals surface area contributed by atoms with Crippen LogP contribution in [0.4, 0.5) is 0 Å². The standard InChI is InChI=1S/C46H77NO7/c1-6-8-10-12-14-16-18-20-21-22-23-25-27-29-31-33-35-37-45(49)54-42(40-52-39-38-43(46(50)51)47(3,4)5)41-53-44(48)36-34-32-30-28-26-24-19-17-15-13-11-9-7-2/h9,11,13-17,19-21,24,26,42-43H,6-8,10,12,18,22-23,25,27-41H2,1-5H3/p+1/b11-9+,15-13+,16-14+,19-17+,21-20+,26-24+. The lowest BCUT2D eigenvalue weighted by Crippen LogP contribution is -2.50. The Kier molecular flexibility index (Phi) is 34.5. The molecule has 0 amide bonds. The third kappa shape index (κ3) is 34.5. The summed E-state index contributed by atoms with van der Waals surface area (Å²) in [5.41, 5.74) is 0. The Morgan fingerprint density at radius 3 is 1.70 bits per heavy atom. The summed E-state index contributed by atoms with van der Waals surface area (Å²) in [4.78, 5) is 36.9. The first kappa shape index (κ1) is 50.8. The van der Waals surface area contributed by atoms with Gasteiger partial charge in [0.2, 0.25) is 0 Å². The van der Waals surface area contributed by atoms with Gasteiger partial charge in [-0.2, -0.15) is 0 Å². The van der Waals surface area contributed by atoms with Crippen molar-refractivity contribution in [3.8, 4) is 0 Å². The zero-order valence-electron chi connectivity index (χ0n) is 34.9. The number of nitrogens with zero attached hydrogens (tertiary/aromatic N) is 1. The van der Waals surface area contributed by atoms with Crippen LogP contribution in [-0.2, 0) is 28.6 Å². The Labute approximate surface area is 330 Å². The van der Waals surface area contributed by atoms with Crippen LogP contribution in [0.5, 0.6) is 0 Å². The Morgan fingerprint density at radius 2 is 1.11 bits per heavy atom. The molecule has 0 saturated heterocycles. The number of carbonyl (C=O) groups excluding carboxylic acids is 2. The number of carboxylic acid groups (broad SMARTS) is 1. The van der Waals surface area contributed by atoms with E-state index in [-0.39, 0.29) is 36.2 Å². The van der Waals surface area contributed by atoms with Crippen LogP contribution < -0.4 is 0 Å². The maximum absolute atomic E-state index is 12.7. The molecule has 0 aromatic heterocycles. The lowest BCUT2D eigenvalue weighted by atomic mass is 10.1. The second-order valence-corrected chi connectivity index (χ2v) is 15.0. The number of aliphatic carboxylic acids is 1. The lowest BCUT2D eigenvalue weighted by molar-refractivity contribution is -0.887. The molecule has 2 unspecified atom stereocenters. The molecular formula is C46H78NO7+. The molecule has 0 aliphatic heterocycles. The van der Waals surface area contributed by atoms with Gasteiger partial charge in [-0.1, -0.05) is 138 Å². The van der Waals surface area contributed by atoms with Crippen LogP contribution in [0.15, 0.2) is 72.9 Å². The highest BCUT2D eigenvalue weighted by Gasteiger charge is 2.31. The predicted octanol–water partition coefficient (Wildman–Crippen LogP) is 11.2. The van der Waals surface area contributed by atoms with E-state index in [1.165, 1.54) is 51.4 Å². The van der Waals surface area contributed by atoms with Crippen LogP contribution in [0, 0.1) is 0 Å². The number of unbranched alkanes of at least 4 members (excludes halogenated alkanes) is 13. The van der Waals surface area contributed by atoms with Crippen molar-refractivity contribution in [2.75, 3.05) is 41.0 Å². The molecule has 0 spiro atoms. The average molecular weight is 757 g/mol. The molecule has 308 valence electrons. The molecule has 54 heavy (non-hydrogen) atoms. The van der Waals surface area contributed by atoms with Crippen LogP contribution in [0.2, 0.25) is 0 Å². The SMILES string of the molecule is CC/C=C/C=C/C=C/C=C/CCCCCC(=O)OCC(COCCC(C(=O)O)[N+](C)(C)C)OC(=O)CCCCCCCCC/C=C/C/C=C/CCCCC. The monoisotopic (exact) mass is 757 g/mol. The fraction of sp³-hybridized carbons (Fsp3) is 0.674. The van der Waals surface area contributed by atoms with Crippen molar-refractivity contribution in [3.63, 3.8) is 0 Å². The number of ether oxygens (including phenoxy) is 3. The topological polar surface area (TPSA) is 99.1 Å². The first-order chi connectivity index (χ1) is 26.1. The van der Waals surface area contributed by atoms with E-state index >= 15 is 0 Å². The summed E-state index contributed by atoms with van der Waals surface area (Å²) in [6, 6.07) is -0.625. The van der Waals surface area contributed by atoms with Gasteiger partial charge in [0.05, 0.1) is 34.4 Å². The van der Waals surface area contributed by atoms with Crippen LogP contribution in [0.3, 0.4) is 0 Å². The number of rotatable bonds is 36. The summed E-state index contributed by atoms with van der Waals surface area (Å²) in [7, 11) is 5.50. The molecule has 0 aromatic rings. The molecule has 0 bridgehead atoms. The van der Waals surface area contributed by atoms with Gasteiger partial charge in [-0.3, -0.25) is 9.59 Å². The lowest BCUT2D eigenvalue weighted by Gasteiger charge is -2.31. The minimum absolute atomic E-state index is 0.0411. The highest BCUT2D eigenvalue weighted by molar-refractivity contribution is 5.72. The normalized spacial score (nSPS) is 13.7. The van der Waals surface area contributed by atoms with Crippen molar-refractivity contribution >= 4 is 17.9 Å². The van der Waals surface area contributed by atoms with E-state index in [9.17, 15) is 19.5 Å². The molecule has 0 radical (unpaired) electrons. The van der Waals surface area contributed by atoms with Crippen molar-refractivity contribution in [2.24, 2.45) is 0 Å². The summed E-state index contributed by atoms with van der Waals surface area (Å²) < 4.78 is 17.2. The number of esters is 2. The van der Waals surface area contributed by atoms with Gasteiger partial charge < -0.3 is 23.8 Å². The highest BCUT2D eigenvalue weighted by atomic mass is 16.6. The van der Waals surface area contributed by atoms with E-state index in [0.29, 0.717) is 19.3 Å². The van der Waals surface area contributed by atoms with E-state index in [1.807, 2.05) is 57.6 Å². The van der Waals surface area contributed by atoms with E-state index in [2.05, 4.69) is 50.3 Å². The molecule has 0 fully saturated rings. The molecular weight excluding hydrogens is 679 g/mol. The maximum atomic E-state index is 12.7. The van der Waals surface area contributed by atoms with Gasteiger partial charge in [0.15, 0.2) is 12.1 Å². The van der Waals surface area contributed by atoms with E-state index in [4.69, 9.17) is 14.2 Å². The second kappa shape index (κ2) is 36.7. The van der Waals surface area contributed by atoms with Gasteiger partial charge in [0.25, 0.3) is 0 Å². The summed E-state index contributed by atoms with van der Waals surface area (Å²) in [6.07, 6.45) is 45.1. The largest absolute Gasteiger partial charge is 0.477 e. The Balaban J connectivity index is 4.45. The van der Waals surface area contributed by atoms with Crippen LogP contribution in [0.25, 0.3) is 0 Å². The molecule has 0 aromatic carbocycles. The van der Waals surface area contributed by atoms with Crippen molar-refractivity contribution in [3.05, 3.63) is 72.9 Å². The smallest absolute Gasteiger partial charge is 0.362 e. The number of allylic oxidation sites excluding steroid dienone is 12. The van der Waals surface area contributed by atoms with E-state index < -0.39 is 18.1 Å². The minimum atomic E-state index is -0.886. The van der Waals surface area contributed by atoms with Crippen LogP contribution >= 0.6 is 0 Å². The molecule has 0 heterocycles. The maximum Gasteiger partial charge on any atom is 0.362 e. The molecule has 0 aliphatic carbocycles. The number of hydrogen-bond acceptors (Lipinski definition) is 6. The number of carboxylic acids is 1. The Bertz CT molecular complexity index is 1110. The third-order valence-electron chi connectivity index (χ3n) is 8.93. The quantitative estimate of drug-likeness (QED) is 0.0223. The second-order valence-electron chi connectivity index (χ2n) is 15.0. The number of likely N-dealkylation sites (N-methyl/N-ethyl adjacent to an activating group) is 1. The Morgan fingerprint density at radius 1 is 0.593 bits per heavy atom. The van der Waals surface area contributed by atoms with E-state index in [0.717, 1.165) is 64.2 Å². The molecule has 8 heteroatoms. The van der Waals surface area contributed by atoms with Gasteiger partial charge in [0, 0.05) is 19.3 Å². The first-order valence-corrected chi connectivity index (χ1v) is 21.0. The zero-order chi connectivity index (χ0) is 40.0. The Hall–Kier alpha value is -3.23. The fourth-order valence-electron chi connectivity index (χ4n) is 5.66. The summed E-state index contributed by atoms with van der Waals surface area (Å²) in [6.45, 7) is 4.50. The molecule has 0 aliphatic rings. The van der Waals surface area contributed by atoms with Gasteiger partial charge in [-0.05, 0) is 64.2 Å². The van der Waals surface area contributed by atoms with E-state index in [1.54, 1.807) is 0 Å². The molecule has 2 atom stereocenters. The molecule has 1 N–H and O–H groups in total. The van der Waals surface area contributed by atoms with Crippen LogP contribution in [0.1, 0.15) is 149 Å². The highest BCUT2D eigenvalue weighted by Crippen LogP contribution is 2.13. The summed E-state index contributed by atoms with van der Waals surface area (Å²) in [5, 5.41) is 9.60. The predicted molar refractivity (Wildman–Crippen MR) is 224 cm³/mol. The first-order valence-electron chi connectivity index (χ1n) is 21.0. The van der Waals surface area contributed by atoms with Gasteiger partial charge in [-0.25, -0.2) is 4.79 Å². The van der Waals surface area contributed by atoms with Crippen molar-refractivity contribution in [1.29, 1.82) is 0 Å². The van der Waals surface area contributed by atoms with Crippen molar-refractivity contribution in [2.45, 2.75) is 161 Å². The van der Waals surface area contributed by atoms with Crippen LogP contribution in [-0.4, -0.2) is 80.6 Å². The fourth-order valence-corrected chi connectivity index (χ4v) is 5.66.